The van der Waals surface area contributed by atoms with Crippen LogP contribution in [0.15, 0.2) is 69.1 Å². The summed E-state index contributed by atoms with van der Waals surface area (Å²) in [6.07, 6.45) is 0. The second-order valence-corrected chi connectivity index (χ2v) is 11.9. The number of carbonyl (C=O) groups excluding carboxylic acids is 2. The molecule has 1 heterocycles. The van der Waals surface area contributed by atoms with Crippen LogP contribution in [-0.4, -0.2) is 46.2 Å². The summed E-state index contributed by atoms with van der Waals surface area (Å²) in [6, 6.07) is 6.53. The number of sulfone groups is 1. The molecule has 0 atom stereocenters. The van der Waals surface area contributed by atoms with Gasteiger partial charge in [-0.1, -0.05) is 12.6 Å². The number of amides is 2. The molecule has 12 nitrogen and oxygen atoms in total. The standard InChI is InChI=1S/C20H14N2O10S3.2Li/c1-2-33(25,26)11-5-3-4-10(6-11)22-19(23)14-8-12(34(27,28)29)7-13-17(14)15(20(22)24)9-16(18(13)21)35(30,31)32;;/h2-9H,1,21H2,(H,27,28,29)(H,30,31,32);;/q;2*+1/p-2. The van der Waals surface area contributed by atoms with E-state index in [1.54, 1.807) is 0 Å². The zero-order valence-electron chi connectivity index (χ0n) is 19.2. The summed E-state index contributed by atoms with van der Waals surface area (Å²) in [5, 5.41) is -0.113. The van der Waals surface area contributed by atoms with Gasteiger partial charge in [-0.25, -0.2) is 30.2 Å². The second kappa shape index (κ2) is 10.0. The first-order chi connectivity index (χ1) is 16.1. The maximum absolute atomic E-state index is 13.3. The molecule has 0 radical (unpaired) electrons. The molecule has 3 aromatic rings. The van der Waals surface area contributed by atoms with Crippen LogP contribution in [0.1, 0.15) is 20.7 Å². The van der Waals surface area contributed by atoms with E-state index in [9.17, 15) is 43.9 Å². The average molecular weight is 550 g/mol. The molecule has 0 saturated heterocycles. The minimum atomic E-state index is -5.29. The Balaban J connectivity index is 0.00000241. The van der Waals surface area contributed by atoms with Gasteiger partial charge in [0, 0.05) is 16.2 Å². The topological polar surface area (TPSA) is 212 Å². The summed E-state index contributed by atoms with van der Waals surface area (Å²) in [5.41, 5.74) is 3.72. The number of imide groups is 1. The van der Waals surface area contributed by atoms with E-state index in [2.05, 4.69) is 6.58 Å². The van der Waals surface area contributed by atoms with Crippen molar-refractivity contribution >= 4 is 64.0 Å². The van der Waals surface area contributed by atoms with Gasteiger partial charge < -0.3 is 14.8 Å². The molecule has 1 aliphatic rings. The van der Waals surface area contributed by atoms with Crippen LogP contribution in [0.25, 0.3) is 10.8 Å². The number of nitrogens with two attached hydrogens (primary N) is 1. The van der Waals surface area contributed by atoms with Crippen LogP contribution in [0.4, 0.5) is 11.4 Å². The Morgan fingerprint density at radius 2 is 1.38 bits per heavy atom. The van der Waals surface area contributed by atoms with Gasteiger partial charge in [0.05, 0.1) is 37.2 Å². The normalized spacial score (nSPS) is 13.6. The first kappa shape index (κ1) is 30.8. The summed E-state index contributed by atoms with van der Waals surface area (Å²) in [6.45, 7) is 3.19. The second-order valence-electron chi connectivity index (χ2n) is 7.29. The molecular weight excluding hydrogens is 538 g/mol. The fourth-order valence-electron chi connectivity index (χ4n) is 3.68. The van der Waals surface area contributed by atoms with Crippen molar-refractivity contribution in [3.63, 3.8) is 0 Å². The number of anilines is 2. The summed E-state index contributed by atoms with van der Waals surface area (Å²) in [7, 11) is -14.5. The van der Waals surface area contributed by atoms with E-state index >= 15 is 0 Å². The molecule has 1 aliphatic heterocycles. The monoisotopic (exact) mass is 550 g/mol. The van der Waals surface area contributed by atoms with E-state index in [1.165, 1.54) is 18.2 Å². The number of hydrogen-bond acceptors (Lipinski definition) is 11. The van der Waals surface area contributed by atoms with Crippen LogP contribution in [0.5, 0.6) is 0 Å². The Kier molecular flexibility index (Phi) is 8.35. The number of benzene rings is 3. The third-order valence-corrected chi connectivity index (χ3v) is 8.30. The van der Waals surface area contributed by atoms with Gasteiger partial charge in [-0.15, -0.1) is 0 Å². The molecule has 0 saturated carbocycles. The van der Waals surface area contributed by atoms with E-state index in [4.69, 9.17) is 5.73 Å². The first-order valence-electron chi connectivity index (χ1n) is 9.26. The maximum atomic E-state index is 13.3. The number of nitrogens with zero attached hydrogens (tertiary/aromatic N) is 1. The molecule has 0 fully saturated rings. The van der Waals surface area contributed by atoms with Crippen LogP contribution in [-0.2, 0) is 30.1 Å². The third-order valence-electron chi connectivity index (χ3n) is 5.26. The quantitative estimate of drug-likeness (QED) is 0.137. The van der Waals surface area contributed by atoms with Crippen LogP contribution in [0, 0.1) is 0 Å². The number of rotatable bonds is 5. The molecule has 37 heavy (non-hydrogen) atoms. The van der Waals surface area contributed by atoms with Gasteiger partial charge in [0.25, 0.3) is 11.8 Å². The van der Waals surface area contributed by atoms with Crippen molar-refractivity contribution < 1.29 is 81.7 Å². The van der Waals surface area contributed by atoms with Crippen LogP contribution in [0.3, 0.4) is 0 Å². The van der Waals surface area contributed by atoms with Gasteiger partial charge >= 0.3 is 37.7 Å². The van der Waals surface area contributed by atoms with Crippen LogP contribution >= 0.6 is 0 Å². The molecule has 182 valence electrons. The fraction of sp³-hybridized carbons (Fsp3) is 0. The third kappa shape index (κ3) is 5.15. The van der Waals surface area contributed by atoms with Crippen molar-refractivity contribution in [2.24, 2.45) is 0 Å². The molecule has 2 N–H and O–H groups in total. The maximum Gasteiger partial charge on any atom is 1.00 e. The first-order valence-corrected chi connectivity index (χ1v) is 13.6. The van der Waals surface area contributed by atoms with Crippen LogP contribution in [0.2, 0.25) is 0 Å². The molecule has 2 amide bonds. The molecule has 4 rings (SSSR count). The van der Waals surface area contributed by atoms with Gasteiger partial charge in [-0.05, 0) is 36.4 Å². The SMILES string of the molecule is C=CS(=O)(=O)c1cccc(N2C(=O)c3cc(S(=O)(=O)[O-])cc4c(N)c(S(=O)(=O)[O-])cc(c34)C2=O)c1.[Li+].[Li+]. The molecule has 0 bridgehead atoms. The van der Waals surface area contributed by atoms with Gasteiger partial charge in [0.2, 0.25) is 0 Å². The predicted molar refractivity (Wildman–Crippen MR) is 119 cm³/mol. The molecular formula is C20H12Li2N2O10S3. The van der Waals surface area contributed by atoms with Crippen molar-refractivity contribution in [2.75, 3.05) is 10.6 Å². The molecule has 0 unspecified atom stereocenters. The average Bonchev–Trinajstić information content (AvgIpc) is 2.77. The summed E-state index contributed by atoms with van der Waals surface area (Å²) in [4.78, 5) is 24.7. The van der Waals surface area contributed by atoms with Gasteiger partial charge in [0.15, 0.2) is 9.84 Å². The smallest absolute Gasteiger partial charge is 0.744 e. The number of nitrogen functional groups attached to an aromatic ring is 1. The van der Waals surface area contributed by atoms with Crippen molar-refractivity contribution in [3.8, 4) is 0 Å². The molecule has 0 spiro atoms. The Morgan fingerprint density at radius 1 is 0.811 bits per heavy atom. The molecule has 3 aromatic carbocycles. The van der Waals surface area contributed by atoms with E-state index in [0.717, 1.165) is 6.07 Å². The van der Waals surface area contributed by atoms with E-state index < -0.39 is 73.9 Å². The Hall–Kier alpha value is -2.44. The molecule has 0 aliphatic carbocycles. The van der Waals surface area contributed by atoms with E-state index in [1.807, 2.05) is 0 Å². The largest absolute Gasteiger partial charge is 1.00 e. The van der Waals surface area contributed by atoms with Crippen molar-refractivity contribution in [1.29, 1.82) is 0 Å². The molecule has 0 aromatic heterocycles. The Labute approximate surface area is 235 Å². The zero-order valence-corrected chi connectivity index (χ0v) is 21.6. The summed E-state index contributed by atoms with van der Waals surface area (Å²) < 4.78 is 94.8. The van der Waals surface area contributed by atoms with Crippen molar-refractivity contribution in [2.45, 2.75) is 14.7 Å². The van der Waals surface area contributed by atoms with E-state index in [-0.39, 0.29) is 53.7 Å². The van der Waals surface area contributed by atoms with Gasteiger partial charge in [-0.3, -0.25) is 9.59 Å². The van der Waals surface area contributed by atoms with Crippen molar-refractivity contribution in [1.82, 2.24) is 0 Å². The van der Waals surface area contributed by atoms with Crippen LogP contribution < -0.4 is 48.4 Å². The van der Waals surface area contributed by atoms with Gasteiger partial charge in [-0.2, -0.15) is 0 Å². The van der Waals surface area contributed by atoms with Crippen molar-refractivity contribution in [3.05, 3.63) is 65.6 Å². The minimum absolute atomic E-state index is 0. The number of hydrogen-bond donors (Lipinski definition) is 1. The van der Waals surface area contributed by atoms with Gasteiger partial charge in [0.1, 0.15) is 20.2 Å². The molecule has 17 heteroatoms. The number of carbonyl (C=O) groups is 2. The Morgan fingerprint density at radius 3 is 1.89 bits per heavy atom. The fourth-order valence-corrected chi connectivity index (χ4v) is 5.60. The zero-order chi connectivity index (χ0) is 26.1. The Bertz CT molecular complexity index is 1820. The summed E-state index contributed by atoms with van der Waals surface area (Å²) in [5.74, 6) is -2.30. The minimum Gasteiger partial charge on any atom is -0.744 e. The van der Waals surface area contributed by atoms with E-state index in [0.29, 0.717) is 28.5 Å². The summed E-state index contributed by atoms with van der Waals surface area (Å²) >= 11 is 0. The predicted octanol–water partition coefficient (Wildman–Crippen LogP) is -5.04.